The first-order chi connectivity index (χ1) is 6.52. The SMILES string of the molecule is NC(=O)C(O)C(O)c1cc(N)ccn1. The van der Waals surface area contributed by atoms with E-state index in [0.717, 1.165) is 0 Å². The van der Waals surface area contributed by atoms with Crippen molar-refractivity contribution in [3.8, 4) is 0 Å². The molecule has 0 aliphatic rings. The molecule has 2 atom stereocenters. The summed E-state index contributed by atoms with van der Waals surface area (Å²) in [6, 6.07) is 2.88. The summed E-state index contributed by atoms with van der Waals surface area (Å²) >= 11 is 0. The molecule has 0 aliphatic heterocycles. The summed E-state index contributed by atoms with van der Waals surface area (Å²) in [6.45, 7) is 0. The van der Waals surface area contributed by atoms with E-state index in [0.29, 0.717) is 5.69 Å². The highest BCUT2D eigenvalue weighted by molar-refractivity contribution is 5.79. The summed E-state index contributed by atoms with van der Waals surface area (Å²) in [4.78, 5) is 14.3. The molecule has 0 radical (unpaired) electrons. The fourth-order valence-electron chi connectivity index (χ4n) is 0.945. The average molecular weight is 197 g/mol. The largest absolute Gasteiger partial charge is 0.399 e. The zero-order valence-corrected chi connectivity index (χ0v) is 7.29. The Labute approximate surface area is 80.2 Å². The molecule has 0 aromatic carbocycles. The zero-order chi connectivity index (χ0) is 10.7. The first kappa shape index (κ1) is 10.4. The topological polar surface area (TPSA) is 122 Å². The van der Waals surface area contributed by atoms with Crippen LogP contribution in [0.2, 0.25) is 0 Å². The lowest BCUT2D eigenvalue weighted by Gasteiger charge is -2.14. The monoisotopic (exact) mass is 197 g/mol. The van der Waals surface area contributed by atoms with Gasteiger partial charge in [0.2, 0.25) is 5.91 Å². The highest BCUT2D eigenvalue weighted by atomic mass is 16.3. The number of aliphatic hydroxyl groups excluding tert-OH is 2. The van der Waals surface area contributed by atoms with Crippen LogP contribution in [0.25, 0.3) is 0 Å². The van der Waals surface area contributed by atoms with E-state index in [-0.39, 0.29) is 5.69 Å². The van der Waals surface area contributed by atoms with Crippen LogP contribution in [0.5, 0.6) is 0 Å². The minimum absolute atomic E-state index is 0.108. The van der Waals surface area contributed by atoms with Gasteiger partial charge in [-0.25, -0.2) is 0 Å². The molecule has 14 heavy (non-hydrogen) atoms. The van der Waals surface area contributed by atoms with Crippen molar-refractivity contribution in [1.29, 1.82) is 0 Å². The summed E-state index contributed by atoms with van der Waals surface area (Å²) in [5, 5.41) is 18.5. The maximum Gasteiger partial charge on any atom is 0.249 e. The second-order valence-corrected chi connectivity index (χ2v) is 2.81. The molecule has 76 valence electrons. The number of hydrogen-bond donors (Lipinski definition) is 4. The van der Waals surface area contributed by atoms with Gasteiger partial charge in [0.25, 0.3) is 0 Å². The number of rotatable bonds is 3. The minimum Gasteiger partial charge on any atom is -0.399 e. The van der Waals surface area contributed by atoms with Crippen molar-refractivity contribution < 1.29 is 15.0 Å². The molecule has 6 N–H and O–H groups in total. The van der Waals surface area contributed by atoms with E-state index in [4.69, 9.17) is 16.6 Å². The molecule has 1 heterocycles. The highest BCUT2D eigenvalue weighted by Gasteiger charge is 2.24. The molecule has 0 spiro atoms. The normalized spacial score (nSPS) is 14.7. The lowest BCUT2D eigenvalue weighted by atomic mass is 10.1. The fraction of sp³-hybridized carbons (Fsp3) is 0.250. The number of hydrogen-bond acceptors (Lipinski definition) is 5. The van der Waals surface area contributed by atoms with Crippen LogP contribution < -0.4 is 11.5 Å². The molecule has 1 rings (SSSR count). The van der Waals surface area contributed by atoms with Gasteiger partial charge in [-0.3, -0.25) is 9.78 Å². The first-order valence-electron chi connectivity index (χ1n) is 3.89. The number of amides is 1. The number of aliphatic hydroxyl groups is 2. The number of carbonyl (C=O) groups excluding carboxylic acids is 1. The van der Waals surface area contributed by atoms with Crippen molar-refractivity contribution >= 4 is 11.6 Å². The minimum atomic E-state index is -1.68. The van der Waals surface area contributed by atoms with Crippen molar-refractivity contribution in [2.75, 3.05) is 5.73 Å². The molecule has 0 aliphatic carbocycles. The van der Waals surface area contributed by atoms with E-state index in [9.17, 15) is 9.90 Å². The number of nitrogen functional groups attached to an aromatic ring is 1. The van der Waals surface area contributed by atoms with Gasteiger partial charge in [-0.2, -0.15) is 0 Å². The zero-order valence-electron chi connectivity index (χ0n) is 7.29. The van der Waals surface area contributed by atoms with Gasteiger partial charge >= 0.3 is 0 Å². The van der Waals surface area contributed by atoms with E-state index >= 15 is 0 Å². The van der Waals surface area contributed by atoms with Crippen molar-refractivity contribution in [2.24, 2.45) is 5.73 Å². The Bertz CT molecular complexity index is 342. The van der Waals surface area contributed by atoms with Crippen molar-refractivity contribution in [3.63, 3.8) is 0 Å². The number of primary amides is 1. The predicted molar refractivity (Wildman–Crippen MR) is 48.8 cm³/mol. The molecule has 0 saturated heterocycles. The Balaban J connectivity index is 2.89. The molecule has 0 fully saturated rings. The maximum atomic E-state index is 10.6. The third-order valence-corrected chi connectivity index (χ3v) is 1.70. The van der Waals surface area contributed by atoms with E-state index in [1.807, 2.05) is 0 Å². The summed E-state index contributed by atoms with van der Waals surface area (Å²) in [5.74, 6) is -1.01. The third-order valence-electron chi connectivity index (χ3n) is 1.70. The number of aromatic nitrogens is 1. The average Bonchev–Trinajstić information content (AvgIpc) is 2.15. The van der Waals surface area contributed by atoms with E-state index in [1.54, 1.807) is 0 Å². The summed E-state index contributed by atoms with van der Waals surface area (Å²) in [5.41, 5.74) is 10.7. The van der Waals surface area contributed by atoms with E-state index < -0.39 is 18.1 Å². The number of nitrogens with two attached hydrogens (primary N) is 2. The smallest absolute Gasteiger partial charge is 0.249 e. The van der Waals surface area contributed by atoms with Crippen LogP contribution in [0.1, 0.15) is 11.8 Å². The molecule has 6 heteroatoms. The second kappa shape index (κ2) is 4.03. The third kappa shape index (κ3) is 2.18. The number of pyridine rings is 1. The molecular formula is C8H11N3O3. The number of carbonyl (C=O) groups is 1. The Morgan fingerprint density at radius 2 is 2.14 bits per heavy atom. The van der Waals surface area contributed by atoms with Crippen molar-refractivity contribution in [2.45, 2.75) is 12.2 Å². The Morgan fingerprint density at radius 3 is 2.64 bits per heavy atom. The van der Waals surface area contributed by atoms with E-state index in [1.165, 1.54) is 18.3 Å². The number of nitrogens with zero attached hydrogens (tertiary/aromatic N) is 1. The summed E-state index contributed by atoms with van der Waals surface area (Å²) in [7, 11) is 0. The molecule has 0 bridgehead atoms. The molecule has 2 unspecified atom stereocenters. The first-order valence-corrected chi connectivity index (χ1v) is 3.89. The van der Waals surface area contributed by atoms with Gasteiger partial charge in [-0.1, -0.05) is 0 Å². The molecule has 0 saturated carbocycles. The molecule has 6 nitrogen and oxygen atoms in total. The predicted octanol–water partition coefficient (Wildman–Crippen LogP) is -1.46. The molecule has 1 aromatic rings. The summed E-state index contributed by atoms with van der Waals surface area (Å²) < 4.78 is 0. The van der Waals surface area contributed by atoms with E-state index in [2.05, 4.69) is 4.98 Å². The van der Waals surface area contributed by atoms with Gasteiger partial charge in [-0.15, -0.1) is 0 Å². The lowest BCUT2D eigenvalue weighted by Crippen LogP contribution is -2.34. The van der Waals surface area contributed by atoms with Gasteiger partial charge in [0.15, 0.2) is 6.10 Å². The molecular weight excluding hydrogens is 186 g/mol. The Kier molecular flexibility index (Phi) is 3.00. The lowest BCUT2D eigenvalue weighted by molar-refractivity contribution is -0.132. The molecule has 1 amide bonds. The van der Waals surface area contributed by atoms with Gasteiger partial charge in [0.1, 0.15) is 6.10 Å². The van der Waals surface area contributed by atoms with Gasteiger partial charge < -0.3 is 21.7 Å². The Morgan fingerprint density at radius 1 is 1.50 bits per heavy atom. The van der Waals surface area contributed by atoms with Crippen LogP contribution in [0.15, 0.2) is 18.3 Å². The van der Waals surface area contributed by atoms with Crippen LogP contribution in [0.4, 0.5) is 5.69 Å². The number of anilines is 1. The van der Waals surface area contributed by atoms with Crippen molar-refractivity contribution in [3.05, 3.63) is 24.0 Å². The Hall–Kier alpha value is -1.66. The van der Waals surface area contributed by atoms with Crippen LogP contribution in [0, 0.1) is 0 Å². The molecule has 1 aromatic heterocycles. The van der Waals surface area contributed by atoms with Crippen LogP contribution in [-0.2, 0) is 4.79 Å². The van der Waals surface area contributed by atoms with Crippen LogP contribution in [-0.4, -0.2) is 27.2 Å². The highest BCUT2D eigenvalue weighted by Crippen LogP contribution is 2.16. The quantitative estimate of drug-likeness (QED) is 0.471. The fourth-order valence-corrected chi connectivity index (χ4v) is 0.945. The second-order valence-electron chi connectivity index (χ2n) is 2.81. The van der Waals surface area contributed by atoms with Gasteiger partial charge in [-0.05, 0) is 12.1 Å². The maximum absolute atomic E-state index is 10.6. The standard InChI is InChI=1S/C8H11N3O3/c9-4-1-2-11-5(3-4)6(12)7(13)8(10)14/h1-3,6-7,12-13H,(H2,9,11)(H2,10,14). The van der Waals surface area contributed by atoms with Crippen LogP contribution in [0.3, 0.4) is 0 Å². The van der Waals surface area contributed by atoms with Gasteiger partial charge in [0, 0.05) is 11.9 Å². The van der Waals surface area contributed by atoms with Crippen LogP contribution >= 0.6 is 0 Å². The summed E-state index contributed by atoms with van der Waals surface area (Å²) in [6.07, 6.45) is -1.76. The van der Waals surface area contributed by atoms with Gasteiger partial charge in [0.05, 0.1) is 5.69 Å². The van der Waals surface area contributed by atoms with Crippen molar-refractivity contribution in [1.82, 2.24) is 4.98 Å².